The Morgan fingerprint density at radius 1 is 1.05 bits per heavy atom. The van der Waals surface area contributed by atoms with Gasteiger partial charge in [-0.15, -0.1) is 0 Å². The Morgan fingerprint density at radius 3 is 2.33 bits per heavy atom. The zero-order valence-corrected chi connectivity index (χ0v) is 14.4. The standard InChI is InChI=1S/C13H5F3I2N2O/c14-13(15,16)6-1-2-10-9(3-6)20-12(21-10)11-7(17)4-19-5-8(11)18/h1-5H. The van der Waals surface area contributed by atoms with Crippen molar-refractivity contribution < 1.29 is 17.6 Å². The van der Waals surface area contributed by atoms with Crippen LogP contribution in [0.25, 0.3) is 22.6 Å². The molecule has 0 aliphatic rings. The molecule has 0 bridgehead atoms. The summed E-state index contributed by atoms with van der Waals surface area (Å²) >= 11 is 4.17. The maximum absolute atomic E-state index is 12.7. The minimum Gasteiger partial charge on any atom is -0.436 e. The van der Waals surface area contributed by atoms with E-state index >= 15 is 0 Å². The first kappa shape index (κ1) is 15.0. The van der Waals surface area contributed by atoms with Crippen LogP contribution in [-0.4, -0.2) is 9.97 Å². The lowest BCUT2D eigenvalue weighted by Gasteiger charge is -2.04. The molecule has 1 aromatic carbocycles. The second-order valence-electron chi connectivity index (χ2n) is 4.18. The third-order valence-corrected chi connectivity index (χ3v) is 4.42. The highest BCUT2D eigenvalue weighted by atomic mass is 127. The topological polar surface area (TPSA) is 38.9 Å². The van der Waals surface area contributed by atoms with Gasteiger partial charge in [-0.25, -0.2) is 4.98 Å². The molecule has 2 heterocycles. The number of rotatable bonds is 1. The molecule has 0 amide bonds. The Morgan fingerprint density at radius 2 is 1.71 bits per heavy atom. The van der Waals surface area contributed by atoms with Crippen LogP contribution >= 0.6 is 45.2 Å². The highest BCUT2D eigenvalue weighted by Crippen LogP contribution is 2.34. The van der Waals surface area contributed by atoms with Crippen molar-refractivity contribution in [3.8, 4) is 11.5 Å². The highest BCUT2D eigenvalue weighted by Gasteiger charge is 2.31. The number of aromatic nitrogens is 2. The van der Waals surface area contributed by atoms with E-state index in [4.69, 9.17) is 4.42 Å². The second kappa shape index (κ2) is 5.38. The fourth-order valence-electron chi connectivity index (χ4n) is 1.83. The number of fused-ring (bicyclic) bond motifs is 1. The first-order valence-corrected chi connectivity index (χ1v) is 7.79. The zero-order valence-electron chi connectivity index (χ0n) is 10.1. The lowest BCUT2D eigenvalue weighted by atomic mass is 10.2. The maximum atomic E-state index is 12.7. The average Bonchev–Trinajstić information content (AvgIpc) is 2.79. The predicted molar refractivity (Wildman–Crippen MR) is 87.7 cm³/mol. The van der Waals surface area contributed by atoms with Crippen molar-refractivity contribution in [1.29, 1.82) is 0 Å². The maximum Gasteiger partial charge on any atom is 0.416 e. The van der Waals surface area contributed by atoms with Gasteiger partial charge in [0.25, 0.3) is 0 Å². The molecule has 0 aliphatic heterocycles. The third kappa shape index (κ3) is 2.87. The second-order valence-corrected chi connectivity index (χ2v) is 6.50. The molecule has 8 heteroatoms. The quantitative estimate of drug-likeness (QED) is 0.422. The summed E-state index contributed by atoms with van der Waals surface area (Å²) in [6.45, 7) is 0. The molecule has 0 saturated carbocycles. The lowest BCUT2D eigenvalue weighted by molar-refractivity contribution is -0.137. The summed E-state index contributed by atoms with van der Waals surface area (Å²) in [5, 5.41) is 0. The number of oxazole rings is 1. The SMILES string of the molecule is FC(F)(F)c1ccc2oc(-c3c(I)cncc3I)nc2c1. The number of benzene rings is 1. The van der Waals surface area contributed by atoms with Crippen LogP contribution < -0.4 is 0 Å². The van der Waals surface area contributed by atoms with Crippen molar-refractivity contribution in [1.82, 2.24) is 9.97 Å². The fourth-order valence-corrected chi connectivity index (χ4v) is 3.71. The summed E-state index contributed by atoms with van der Waals surface area (Å²) in [6, 6.07) is 3.26. The molecule has 0 aliphatic carbocycles. The van der Waals surface area contributed by atoms with Crippen LogP contribution in [0.15, 0.2) is 35.0 Å². The van der Waals surface area contributed by atoms with Gasteiger partial charge in [0.1, 0.15) is 5.52 Å². The molecule has 0 unspecified atom stereocenters. The lowest BCUT2D eigenvalue weighted by Crippen LogP contribution is -2.03. The molecule has 0 N–H and O–H groups in total. The molecule has 0 spiro atoms. The molecule has 0 atom stereocenters. The smallest absolute Gasteiger partial charge is 0.416 e. The highest BCUT2D eigenvalue weighted by molar-refractivity contribution is 14.1. The average molecular weight is 516 g/mol. The normalized spacial score (nSPS) is 12.0. The Labute approximate surface area is 144 Å². The van der Waals surface area contributed by atoms with E-state index in [1.807, 2.05) is 0 Å². The van der Waals surface area contributed by atoms with Gasteiger partial charge in [0.2, 0.25) is 5.89 Å². The number of hydrogen-bond donors (Lipinski definition) is 0. The van der Waals surface area contributed by atoms with E-state index < -0.39 is 11.7 Å². The van der Waals surface area contributed by atoms with Gasteiger partial charge in [-0.2, -0.15) is 13.2 Å². The van der Waals surface area contributed by atoms with Crippen LogP contribution in [0.1, 0.15) is 5.56 Å². The Bertz CT molecular complexity index is 810. The summed E-state index contributed by atoms with van der Waals surface area (Å²) in [4.78, 5) is 8.21. The van der Waals surface area contributed by atoms with Crippen molar-refractivity contribution in [3.05, 3.63) is 43.3 Å². The molecule has 0 radical (unpaired) electrons. The first-order chi connectivity index (χ1) is 9.86. The van der Waals surface area contributed by atoms with E-state index in [2.05, 4.69) is 55.1 Å². The van der Waals surface area contributed by atoms with Crippen molar-refractivity contribution in [3.63, 3.8) is 0 Å². The Balaban J connectivity index is 2.18. The minimum atomic E-state index is -4.40. The molecular weight excluding hydrogens is 511 g/mol. The molecule has 3 rings (SSSR count). The fraction of sp³-hybridized carbons (Fsp3) is 0.0769. The molecule has 0 saturated heterocycles. The molecule has 2 aromatic heterocycles. The number of hydrogen-bond acceptors (Lipinski definition) is 3. The van der Waals surface area contributed by atoms with E-state index in [1.54, 1.807) is 12.4 Å². The van der Waals surface area contributed by atoms with Gasteiger partial charge in [-0.3, -0.25) is 4.98 Å². The summed E-state index contributed by atoms with van der Waals surface area (Å²) in [5.41, 5.74) is 0.495. The summed E-state index contributed by atoms with van der Waals surface area (Å²) in [6.07, 6.45) is -1.10. The van der Waals surface area contributed by atoms with E-state index in [1.165, 1.54) is 6.07 Å². The number of nitrogens with zero attached hydrogens (tertiary/aromatic N) is 2. The van der Waals surface area contributed by atoms with E-state index in [0.717, 1.165) is 24.8 Å². The molecule has 3 nitrogen and oxygen atoms in total. The summed E-state index contributed by atoms with van der Waals surface area (Å²) in [7, 11) is 0. The first-order valence-electron chi connectivity index (χ1n) is 5.63. The molecular formula is C13H5F3I2N2O. The van der Waals surface area contributed by atoms with Crippen LogP contribution in [0, 0.1) is 7.14 Å². The molecule has 0 fully saturated rings. The largest absolute Gasteiger partial charge is 0.436 e. The van der Waals surface area contributed by atoms with Gasteiger partial charge in [0.05, 0.1) is 11.1 Å². The number of pyridine rings is 1. The van der Waals surface area contributed by atoms with Crippen molar-refractivity contribution >= 4 is 56.3 Å². The zero-order chi connectivity index (χ0) is 15.2. The molecule has 108 valence electrons. The van der Waals surface area contributed by atoms with Gasteiger partial charge >= 0.3 is 6.18 Å². The predicted octanol–water partition coefficient (Wildman–Crippen LogP) is 5.12. The minimum absolute atomic E-state index is 0.184. The number of halogens is 5. The molecule has 3 aromatic rings. The Kier molecular flexibility index (Phi) is 3.84. The third-order valence-electron chi connectivity index (χ3n) is 2.78. The van der Waals surface area contributed by atoms with E-state index in [-0.39, 0.29) is 5.52 Å². The summed E-state index contributed by atoms with van der Waals surface area (Å²) < 4.78 is 45.3. The Hall–Kier alpha value is -0.910. The number of alkyl halides is 3. The molecule has 21 heavy (non-hydrogen) atoms. The van der Waals surface area contributed by atoms with Gasteiger partial charge < -0.3 is 4.42 Å². The van der Waals surface area contributed by atoms with Crippen molar-refractivity contribution in [2.75, 3.05) is 0 Å². The monoisotopic (exact) mass is 516 g/mol. The van der Waals surface area contributed by atoms with Gasteiger partial charge in [-0.1, -0.05) is 0 Å². The van der Waals surface area contributed by atoms with Crippen molar-refractivity contribution in [2.45, 2.75) is 6.18 Å². The van der Waals surface area contributed by atoms with Gasteiger partial charge in [0.15, 0.2) is 5.58 Å². The van der Waals surface area contributed by atoms with Crippen LogP contribution in [0.3, 0.4) is 0 Å². The van der Waals surface area contributed by atoms with Crippen LogP contribution in [0.5, 0.6) is 0 Å². The van der Waals surface area contributed by atoms with Gasteiger partial charge in [-0.05, 0) is 63.4 Å². The van der Waals surface area contributed by atoms with Crippen LogP contribution in [0.4, 0.5) is 13.2 Å². The van der Waals surface area contributed by atoms with Gasteiger partial charge in [0, 0.05) is 19.5 Å². The van der Waals surface area contributed by atoms with E-state index in [0.29, 0.717) is 11.5 Å². The van der Waals surface area contributed by atoms with Crippen molar-refractivity contribution in [2.24, 2.45) is 0 Å². The van der Waals surface area contributed by atoms with Crippen LogP contribution in [-0.2, 0) is 6.18 Å². The van der Waals surface area contributed by atoms with E-state index in [9.17, 15) is 13.2 Å². The van der Waals surface area contributed by atoms with Crippen LogP contribution in [0.2, 0.25) is 0 Å². The summed E-state index contributed by atoms with van der Waals surface area (Å²) in [5.74, 6) is 0.292.